The molecule has 3 aromatic rings. The highest BCUT2D eigenvalue weighted by Crippen LogP contribution is 2.40. The molecule has 4 rings (SSSR count). The predicted octanol–water partition coefficient (Wildman–Crippen LogP) is 3.16. The Morgan fingerprint density at radius 1 is 1.39 bits per heavy atom. The van der Waals surface area contributed by atoms with Gasteiger partial charge in [-0.05, 0) is 31.9 Å². The first-order valence-electron chi connectivity index (χ1n) is 7.45. The molecule has 0 aromatic carbocycles. The number of aromatic nitrogens is 4. The number of thiazole rings is 1. The maximum atomic E-state index is 12.5. The summed E-state index contributed by atoms with van der Waals surface area (Å²) in [6.07, 6.45) is 5.67. The van der Waals surface area contributed by atoms with Crippen molar-refractivity contribution in [2.24, 2.45) is 0 Å². The molecule has 0 bridgehead atoms. The van der Waals surface area contributed by atoms with Crippen LogP contribution in [0.1, 0.15) is 40.5 Å². The SMILES string of the molecule is Cc1c(C(=O)Nc2nc(C3CC3)cs2)cnn1-c1ccccn1. The number of hydrogen-bond acceptors (Lipinski definition) is 5. The van der Waals surface area contributed by atoms with Crippen molar-refractivity contribution in [2.75, 3.05) is 5.32 Å². The fourth-order valence-electron chi connectivity index (χ4n) is 2.42. The number of carbonyl (C=O) groups excluding carboxylic acids is 1. The Labute approximate surface area is 137 Å². The molecule has 6 nitrogen and oxygen atoms in total. The predicted molar refractivity (Wildman–Crippen MR) is 88.1 cm³/mol. The van der Waals surface area contributed by atoms with Gasteiger partial charge in [0.05, 0.1) is 23.1 Å². The van der Waals surface area contributed by atoms with E-state index in [0.717, 1.165) is 11.4 Å². The minimum atomic E-state index is -0.193. The molecule has 116 valence electrons. The Morgan fingerprint density at radius 2 is 2.26 bits per heavy atom. The zero-order valence-electron chi connectivity index (χ0n) is 12.6. The summed E-state index contributed by atoms with van der Waals surface area (Å²) < 4.78 is 1.66. The molecule has 23 heavy (non-hydrogen) atoms. The van der Waals surface area contributed by atoms with Crippen LogP contribution in [0.5, 0.6) is 0 Å². The normalized spacial score (nSPS) is 14.0. The van der Waals surface area contributed by atoms with Gasteiger partial charge in [0.2, 0.25) is 0 Å². The van der Waals surface area contributed by atoms with E-state index in [4.69, 9.17) is 0 Å². The van der Waals surface area contributed by atoms with Gasteiger partial charge in [-0.3, -0.25) is 10.1 Å². The Morgan fingerprint density at radius 3 is 3.00 bits per heavy atom. The first-order valence-corrected chi connectivity index (χ1v) is 8.33. The minimum Gasteiger partial charge on any atom is -0.298 e. The van der Waals surface area contributed by atoms with Crippen molar-refractivity contribution in [3.8, 4) is 5.82 Å². The van der Waals surface area contributed by atoms with Gasteiger partial charge < -0.3 is 0 Å². The summed E-state index contributed by atoms with van der Waals surface area (Å²) in [6.45, 7) is 1.86. The summed E-state index contributed by atoms with van der Waals surface area (Å²) in [6, 6.07) is 5.58. The molecular formula is C16H15N5OS. The summed E-state index contributed by atoms with van der Waals surface area (Å²) in [4.78, 5) is 21.2. The lowest BCUT2D eigenvalue weighted by molar-refractivity contribution is 0.102. The van der Waals surface area contributed by atoms with Crippen LogP contribution >= 0.6 is 11.3 Å². The highest BCUT2D eigenvalue weighted by molar-refractivity contribution is 7.14. The van der Waals surface area contributed by atoms with E-state index in [9.17, 15) is 4.79 Å². The van der Waals surface area contributed by atoms with Gasteiger partial charge in [-0.25, -0.2) is 14.6 Å². The quantitative estimate of drug-likeness (QED) is 0.799. The number of pyridine rings is 1. The average Bonchev–Trinajstić information content (AvgIpc) is 3.19. The molecule has 1 aliphatic rings. The fraction of sp³-hybridized carbons (Fsp3) is 0.250. The van der Waals surface area contributed by atoms with Gasteiger partial charge in [0, 0.05) is 17.5 Å². The number of carbonyl (C=O) groups is 1. The Bertz CT molecular complexity index is 850. The van der Waals surface area contributed by atoms with Gasteiger partial charge in [-0.1, -0.05) is 6.07 Å². The number of nitrogens with one attached hydrogen (secondary N) is 1. The van der Waals surface area contributed by atoms with Crippen LogP contribution in [0.4, 0.5) is 5.13 Å². The van der Waals surface area contributed by atoms with Crippen LogP contribution in [-0.2, 0) is 0 Å². The molecule has 1 fully saturated rings. The zero-order valence-corrected chi connectivity index (χ0v) is 13.4. The van der Waals surface area contributed by atoms with Crippen LogP contribution < -0.4 is 5.32 Å². The molecule has 3 aromatic heterocycles. The van der Waals surface area contributed by atoms with Crippen LogP contribution in [0.25, 0.3) is 5.82 Å². The molecule has 0 radical (unpaired) electrons. The van der Waals surface area contributed by atoms with Crippen LogP contribution in [0.2, 0.25) is 0 Å². The smallest absolute Gasteiger partial charge is 0.260 e. The van der Waals surface area contributed by atoms with Crippen LogP contribution in [-0.4, -0.2) is 25.7 Å². The molecule has 1 amide bonds. The molecule has 0 aliphatic heterocycles. The molecule has 0 spiro atoms. The van der Waals surface area contributed by atoms with E-state index in [2.05, 4.69) is 20.4 Å². The third-order valence-electron chi connectivity index (χ3n) is 3.86. The van der Waals surface area contributed by atoms with E-state index >= 15 is 0 Å². The van der Waals surface area contributed by atoms with Crippen LogP contribution in [0, 0.1) is 6.92 Å². The first-order chi connectivity index (χ1) is 11.2. The molecule has 0 atom stereocenters. The first kappa shape index (κ1) is 14.1. The second-order valence-corrected chi connectivity index (χ2v) is 6.41. The molecular weight excluding hydrogens is 310 g/mol. The summed E-state index contributed by atoms with van der Waals surface area (Å²) >= 11 is 1.47. The molecule has 7 heteroatoms. The Balaban J connectivity index is 1.55. The number of nitrogens with zero attached hydrogens (tertiary/aromatic N) is 4. The number of anilines is 1. The maximum Gasteiger partial charge on any atom is 0.260 e. The second kappa shape index (κ2) is 5.58. The Kier molecular flexibility index (Phi) is 3.42. The summed E-state index contributed by atoms with van der Waals surface area (Å²) in [7, 11) is 0. The lowest BCUT2D eigenvalue weighted by Gasteiger charge is -2.04. The average molecular weight is 325 g/mol. The maximum absolute atomic E-state index is 12.5. The van der Waals surface area contributed by atoms with Crippen molar-refractivity contribution in [3.05, 3.63) is 52.9 Å². The van der Waals surface area contributed by atoms with Gasteiger partial charge in [0.15, 0.2) is 10.9 Å². The lowest BCUT2D eigenvalue weighted by atomic mass is 10.2. The molecule has 3 heterocycles. The number of rotatable bonds is 4. The van der Waals surface area contributed by atoms with E-state index < -0.39 is 0 Å². The molecule has 1 N–H and O–H groups in total. The van der Waals surface area contributed by atoms with Crippen molar-refractivity contribution < 1.29 is 4.79 Å². The molecule has 0 unspecified atom stereocenters. The third-order valence-corrected chi connectivity index (χ3v) is 4.63. The third kappa shape index (κ3) is 2.75. The topological polar surface area (TPSA) is 72.7 Å². The van der Waals surface area contributed by atoms with Crippen molar-refractivity contribution >= 4 is 22.4 Å². The fourth-order valence-corrected chi connectivity index (χ4v) is 3.20. The van der Waals surface area contributed by atoms with Crippen LogP contribution in [0.3, 0.4) is 0 Å². The summed E-state index contributed by atoms with van der Waals surface area (Å²) in [5.74, 6) is 1.08. The van der Waals surface area contributed by atoms with E-state index in [1.807, 2.05) is 30.5 Å². The van der Waals surface area contributed by atoms with Gasteiger partial charge >= 0.3 is 0 Å². The summed E-state index contributed by atoms with van der Waals surface area (Å²) in [5.41, 5.74) is 2.37. The lowest BCUT2D eigenvalue weighted by Crippen LogP contribution is -2.13. The monoisotopic (exact) mass is 325 g/mol. The van der Waals surface area contributed by atoms with Gasteiger partial charge in [0.1, 0.15) is 0 Å². The van der Waals surface area contributed by atoms with Gasteiger partial charge in [-0.2, -0.15) is 5.10 Å². The van der Waals surface area contributed by atoms with Crippen molar-refractivity contribution in [1.82, 2.24) is 19.7 Å². The minimum absolute atomic E-state index is 0.193. The standard InChI is InChI=1S/C16H15N5OS/c1-10-12(8-18-21(10)14-4-2-3-7-17-14)15(22)20-16-19-13(9-23-16)11-5-6-11/h2-4,7-9,11H,5-6H2,1H3,(H,19,20,22). The number of amides is 1. The largest absolute Gasteiger partial charge is 0.298 e. The molecule has 0 saturated heterocycles. The molecule has 1 saturated carbocycles. The highest BCUT2D eigenvalue weighted by atomic mass is 32.1. The van der Waals surface area contributed by atoms with Gasteiger partial charge in [0.25, 0.3) is 5.91 Å². The van der Waals surface area contributed by atoms with Crippen molar-refractivity contribution in [2.45, 2.75) is 25.7 Å². The Hall–Kier alpha value is -2.54. The number of hydrogen-bond donors (Lipinski definition) is 1. The van der Waals surface area contributed by atoms with Crippen LogP contribution in [0.15, 0.2) is 36.0 Å². The highest BCUT2D eigenvalue weighted by Gasteiger charge is 2.26. The van der Waals surface area contributed by atoms with E-state index in [0.29, 0.717) is 22.4 Å². The van der Waals surface area contributed by atoms with E-state index in [-0.39, 0.29) is 5.91 Å². The van der Waals surface area contributed by atoms with E-state index in [1.165, 1.54) is 24.2 Å². The van der Waals surface area contributed by atoms with Crippen molar-refractivity contribution in [3.63, 3.8) is 0 Å². The zero-order chi connectivity index (χ0) is 15.8. The van der Waals surface area contributed by atoms with E-state index in [1.54, 1.807) is 17.1 Å². The molecule has 1 aliphatic carbocycles. The van der Waals surface area contributed by atoms with Gasteiger partial charge in [-0.15, -0.1) is 11.3 Å². The second-order valence-electron chi connectivity index (χ2n) is 5.55. The van der Waals surface area contributed by atoms with Crippen molar-refractivity contribution in [1.29, 1.82) is 0 Å². The summed E-state index contributed by atoms with van der Waals surface area (Å²) in [5, 5.41) is 9.80.